The van der Waals surface area contributed by atoms with Gasteiger partial charge in [-0.15, -0.1) is 0 Å². The van der Waals surface area contributed by atoms with Gasteiger partial charge in [0.1, 0.15) is 0 Å². The van der Waals surface area contributed by atoms with Gasteiger partial charge in [0.2, 0.25) is 0 Å². The first-order valence-corrected chi connectivity index (χ1v) is 7.27. The fourth-order valence-corrected chi connectivity index (χ4v) is 3.35. The molecule has 1 aromatic carbocycles. The Morgan fingerprint density at radius 3 is 2.83 bits per heavy atom. The van der Waals surface area contributed by atoms with Crippen molar-refractivity contribution in [2.75, 3.05) is 29.1 Å². The van der Waals surface area contributed by atoms with E-state index in [2.05, 4.69) is 5.32 Å². The first-order valence-electron chi connectivity index (χ1n) is 6.12. The summed E-state index contributed by atoms with van der Waals surface area (Å²) < 4.78 is 0. The number of nitrogens with two attached hydrogens (primary N) is 1. The number of nitrogen functional groups attached to an aromatic ring is 1. The van der Waals surface area contributed by atoms with E-state index in [0.29, 0.717) is 17.3 Å². The molecule has 4 nitrogen and oxygen atoms in total. The molecule has 0 unspecified atom stereocenters. The van der Waals surface area contributed by atoms with Gasteiger partial charge >= 0.3 is 5.97 Å². The van der Waals surface area contributed by atoms with Crippen LogP contribution in [-0.2, 0) is 0 Å². The van der Waals surface area contributed by atoms with Crippen molar-refractivity contribution in [3.05, 3.63) is 23.8 Å². The normalized spacial score (nSPS) is 16.4. The van der Waals surface area contributed by atoms with Crippen molar-refractivity contribution >= 4 is 29.1 Å². The van der Waals surface area contributed by atoms with Crippen molar-refractivity contribution in [1.29, 1.82) is 0 Å². The van der Waals surface area contributed by atoms with Crippen LogP contribution in [0.4, 0.5) is 11.4 Å². The van der Waals surface area contributed by atoms with Gasteiger partial charge in [-0.1, -0.05) is 6.07 Å². The Morgan fingerprint density at radius 2 is 2.17 bits per heavy atom. The minimum Gasteiger partial charge on any atom is -0.478 e. The summed E-state index contributed by atoms with van der Waals surface area (Å²) in [6.45, 7) is 0.801. The Bertz CT molecular complexity index is 431. The number of anilines is 2. The van der Waals surface area contributed by atoms with Crippen molar-refractivity contribution in [1.82, 2.24) is 0 Å². The summed E-state index contributed by atoms with van der Waals surface area (Å²) in [5.74, 6) is 2.07. The van der Waals surface area contributed by atoms with Crippen LogP contribution in [0.5, 0.6) is 0 Å². The standard InChI is InChI=1S/C13H18N2O2S/c14-11-3-1-2-10(13(16)17)12(11)15-8-9-4-6-18-7-5-9/h1-3,9,15H,4-8,14H2,(H,16,17). The molecule has 0 aliphatic carbocycles. The number of rotatable bonds is 4. The molecule has 5 heteroatoms. The highest BCUT2D eigenvalue weighted by Crippen LogP contribution is 2.27. The molecule has 98 valence electrons. The zero-order valence-corrected chi connectivity index (χ0v) is 11.0. The van der Waals surface area contributed by atoms with Crippen LogP contribution in [0.2, 0.25) is 0 Å². The Morgan fingerprint density at radius 1 is 1.44 bits per heavy atom. The number of carbonyl (C=O) groups is 1. The van der Waals surface area contributed by atoms with E-state index in [-0.39, 0.29) is 5.56 Å². The lowest BCUT2D eigenvalue weighted by atomic mass is 10.0. The molecule has 1 fully saturated rings. The number of nitrogens with one attached hydrogen (secondary N) is 1. The monoisotopic (exact) mass is 266 g/mol. The maximum Gasteiger partial charge on any atom is 0.337 e. The van der Waals surface area contributed by atoms with Crippen LogP contribution in [0.25, 0.3) is 0 Å². The number of hydrogen-bond acceptors (Lipinski definition) is 4. The quantitative estimate of drug-likeness (QED) is 0.730. The molecule has 0 bridgehead atoms. The highest BCUT2D eigenvalue weighted by molar-refractivity contribution is 7.99. The van der Waals surface area contributed by atoms with Gasteiger partial charge in [-0.25, -0.2) is 4.79 Å². The zero-order chi connectivity index (χ0) is 13.0. The maximum absolute atomic E-state index is 11.1. The van der Waals surface area contributed by atoms with Gasteiger partial charge < -0.3 is 16.2 Å². The second-order valence-electron chi connectivity index (χ2n) is 4.51. The molecule has 0 spiro atoms. The highest BCUT2D eigenvalue weighted by Gasteiger charge is 2.16. The van der Waals surface area contributed by atoms with Crippen LogP contribution in [0.1, 0.15) is 23.2 Å². The van der Waals surface area contributed by atoms with Crippen molar-refractivity contribution < 1.29 is 9.90 Å². The molecule has 1 aliphatic heterocycles. The van der Waals surface area contributed by atoms with Crippen molar-refractivity contribution in [2.45, 2.75) is 12.8 Å². The maximum atomic E-state index is 11.1. The fourth-order valence-electron chi connectivity index (χ4n) is 2.14. The van der Waals surface area contributed by atoms with Crippen molar-refractivity contribution in [3.63, 3.8) is 0 Å². The molecule has 0 radical (unpaired) electrons. The number of benzene rings is 1. The average molecular weight is 266 g/mol. The SMILES string of the molecule is Nc1cccc(C(=O)O)c1NCC1CCSCC1. The van der Waals surface area contributed by atoms with Crippen LogP contribution in [0.15, 0.2) is 18.2 Å². The summed E-state index contributed by atoms with van der Waals surface area (Å²) >= 11 is 1.98. The van der Waals surface area contributed by atoms with Gasteiger partial charge in [0.15, 0.2) is 0 Å². The Labute approximate surface area is 111 Å². The van der Waals surface area contributed by atoms with Crippen LogP contribution in [-0.4, -0.2) is 29.1 Å². The van der Waals surface area contributed by atoms with E-state index < -0.39 is 5.97 Å². The van der Waals surface area contributed by atoms with E-state index in [0.717, 1.165) is 6.54 Å². The smallest absolute Gasteiger partial charge is 0.337 e. The molecule has 1 heterocycles. The highest BCUT2D eigenvalue weighted by atomic mass is 32.2. The predicted octanol–water partition coefficient (Wildman–Crippen LogP) is 2.52. The number of para-hydroxylation sites is 1. The van der Waals surface area contributed by atoms with Crippen molar-refractivity contribution in [2.24, 2.45) is 5.92 Å². The van der Waals surface area contributed by atoms with Crippen LogP contribution >= 0.6 is 11.8 Å². The Balaban J connectivity index is 2.05. The number of hydrogen-bond donors (Lipinski definition) is 3. The third-order valence-electron chi connectivity index (χ3n) is 3.24. The van der Waals surface area contributed by atoms with Crippen LogP contribution in [0, 0.1) is 5.92 Å². The van der Waals surface area contributed by atoms with E-state index in [9.17, 15) is 4.79 Å². The topological polar surface area (TPSA) is 75.4 Å². The number of aromatic carboxylic acids is 1. The summed E-state index contributed by atoms with van der Waals surface area (Å²) in [7, 11) is 0. The first kappa shape index (κ1) is 13.1. The number of carboxylic acids is 1. The van der Waals surface area contributed by atoms with Gasteiger partial charge in [0.25, 0.3) is 0 Å². The summed E-state index contributed by atoms with van der Waals surface area (Å²) in [4.78, 5) is 11.1. The lowest BCUT2D eigenvalue weighted by Gasteiger charge is -2.23. The molecule has 0 saturated carbocycles. The Kier molecular flexibility index (Phi) is 4.36. The summed E-state index contributed by atoms with van der Waals surface area (Å²) in [6.07, 6.45) is 2.37. The van der Waals surface area contributed by atoms with E-state index in [1.165, 1.54) is 24.3 Å². The molecule has 1 saturated heterocycles. The van der Waals surface area contributed by atoms with E-state index in [4.69, 9.17) is 10.8 Å². The summed E-state index contributed by atoms with van der Waals surface area (Å²) in [5, 5.41) is 12.3. The minimum atomic E-state index is -0.941. The fraction of sp³-hybridized carbons (Fsp3) is 0.462. The largest absolute Gasteiger partial charge is 0.478 e. The van der Waals surface area contributed by atoms with E-state index in [1.54, 1.807) is 18.2 Å². The van der Waals surface area contributed by atoms with E-state index >= 15 is 0 Å². The molecular weight excluding hydrogens is 248 g/mol. The van der Waals surface area contributed by atoms with Gasteiger partial charge in [-0.05, 0) is 42.4 Å². The van der Waals surface area contributed by atoms with Gasteiger partial charge in [0, 0.05) is 6.54 Å². The second-order valence-corrected chi connectivity index (χ2v) is 5.74. The lowest BCUT2D eigenvalue weighted by molar-refractivity contribution is 0.0698. The van der Waals surface area contributed by atoms with Gasteiger partial charge in [-0.3, -0.25) is 0 Å². The minimum absolute atomic E-state index is 0.250. The predicted molar refractivity (Wildman–Crippen MR) is 76.4 cm³/mol. The van der Waals surface area contributed by atoms with E-state index in [1.807, 2.05) is 11.8 Å². The number of thioether (sulfide) groups is 1. The molecule has 0 atom stereocenters. The molecule has 1 aromatic rings. The summed E-state index contributed by atoms with van der Waals surface area (Å²) in [6, 6.07) is 4.98. The molecule has 2 rings (SSSR count). The van der Waals surface area contributed by atoms with Crippen molar-refractivity contribution in [3.8, 4) is 0 Å². The average Bonchev–Trinajstić information content (AvgIpc) is 2.38. The Hall–Kier alpha value is -1.36. The third-order valence-corrected chi connectivity index (χ3v) is 4.28. The summed E-state index contributed by atoms with van der Waals surface area (Å²) in [5.41, 5.74) is 7.15. The third kappa shape index (κ3) is 3.10. The van der Waals surface area contributed by atoms with Gasteiger partial charge in [0.05, 0.1) is 16.9 Å². The molecule has 1 aliphatic rings. The van der Waals surface area contributed by atoms with Crippen LogP contribution in [0.3, 0.4) is 0 Å². The molecule has 0 amide bonds. The molecule has 18 heavy (non-hydrogen) atoms. The zero-order valence-electron chi connectivity index (χ0n) is 10.2. The molecular formula is C13H18N2O2S. The molecule has 4 N–H and O–H groups in total. The van der Waals surface area contributed by atoms with Gasteiger partial charge in [-0.2, -0.15) is 11.8 Å². The van der Waals surface area contributed by atoms with Crippen LogP contribution < -0.4 is 11.1 Å². The second kappa shape index (κ2) is 6.00. The number of carboxylic acid groups (broad SMARTS) is 1. The first-order chi connectivity index (χ1) is 8.68. The lowest BCUT2D eigenvalue weighted by Crippen LogP contribution is -2.20. The molecule has 0 aromatic heterocycles.